The van der Waals surface area contributed by atoms with Crippen molar-refractivity contribution in [1.82, 2.24) is 14.6 Å². The van der Waals surface area contributed by atoms with Gasteiger partial charge in [-0.25, -0.2) is 18.2 Å². The van der Waals surface area contributed by atoms with E-state index in [-0.39, 0.29) is 36.6 Å². The molecule has 9 rings (SSSR count). The van der Waals surface area contributed by atoms with Crippen LogP contribution in [-0.4, -0.2) is 59.9 Å². The molecule has 13 nitrogen and oxygen atoms in total. The first-order chi connectivity index (χ1) is 32.3. The molecule has 0 bridgehead atoms. The van der Waals surface area contributed by atoms with E-state index in [4.69, 9.17) is 42.7 Å². The van der Waals surface area contributed by atoms with Gasteiger partial charge in [-0.1, -0.05) is 77.8 Å². The SMILES string of the molecule is Cc1nc(NCC2CC2)ccc1S(=O)(=O)N1Cc2cc3c(cc2C[C@H]1C(=O)NC(Cc1ccc(-c2ccc(C#N)cc2)cc1)C(=O)O)OC[C@H](c1ccc(OCc2ccc(Cl)c(Cl)c2)cc1)O3. The second-order valence-electron chi connectivity index (χ2n) is 17.0. The van der Waals surface area contributed by atoms with Crippen molar-refractivity contribution in [3.05, 3.63) is 164 Å². The number of amides is 1. The summed E-state index contributed by atoms with van der Waals surface area (Å²) in [5, 5.41) is 26.4. The number of anilines is 1. The van der Waals surface area contributed by atoms with Crippen LogP contribution in [0, 0.1) is 24.2 Å². The summed E-state index contributed by atoms with van der Waals surface area (Å²) in [5.74, 6) is 0.584. The van der Waals surface area contributed by atoms with E-state index in [1.807, 2.05) is 54.6 Å². The lowest BCUT2D eigenvalue weighted by atomic mass is 9.93. The highest BCUT2D eigenvalue weighted by atomic mass is 35.5. The number of nitrogens with one attached hydrogen (secondary N) is 2. The molecule has 3 N–H and O–H groups in total. The van der Waals surface area contributed by atoms with E-state index in [1.54, 1.807) is 61.5 Å². The summed E-state index contributed by atoms with van der Waals surface area (Å²) < 4.78 is 49.4. The van der Waals surface area contributed by atoms with Gasteiger partial charge in [-0.05, 0) is 132 Å². The molecule has 5 aromatic carbocycles. The van der Waals surface area contributed by atoms with Crippen LogP contribution >= 0.6 is 23.2 Å². The number of carbonyl (C=O) groups excluding carboxylic acids is 1. The molecule has 1 unspecified atom stereocenters. The number of aromatic nitrogens is 1. The number of aryl methyl sites for hydroxylation is 1. The molecule has 1 saturated carbocycles. The Bertz CT molecular complexity index is 3000. The maximum atomic E-state index is 14.8. The van der Waals surface area contributed by atoms with E-state index >= 15 is 0 Å². The highest BCUT2D eigenvalue weighted by Crippen LogP contribution is 2.42. The number of nitrogens with zero attached hydrogens (tertiary/aromatic N) is 3. The topological polar surface area (TPSA) is 180 Å². The van der Waals surface area contributed by atoms with Gasteiger partial charge in [0.25, 0.3) is 0 Å². The third kappa shape index (κ3) is 10.4. The molecule has 342 valence electrons. The van der Waals surface area contributed by atoms with Crippen molar-refractivity contribution in [3.63, 3.8) is 0 Å². The third-order valence-corrected chi connectivity index (χ3v) is 14.9. The standard InChI is InChI=1S/C51H45Cl2N5O8S/c1-30-48(18-19-49(56-30)55-26-33-2-3-33)67(62,63)58-27-39-24-46-45(65-29-47(66-46)37-13-15-40(16-14-37)64-28-34-8-17-41(52)42(53)20-34)23-38(39)22-44(58)50(59)57-43(51(60)61)21-31-4-9-35(10-5-31)36-11-6-32(25-54)7-12-36/h4-20,23-24,33,43-44,47H,2-3,21-22,26-29H2,1H3,(H,55,56)(H,57,59)(H,60,61)/t43?,44-,47+/m0/s1. The summed E-state index contributed by atoms with van der Waals surface area (Å²) in [6.07, 6.45) is 1.66. The van der Waals surface area contributed by atoms with Crippen LogP contribution < -0.4 is 24.8 Å². The molecule has 1 fully saturated rings. The summed E-state index contributed by atoms with van der Waals surface area (Å²) in [6.45, 7) is 2.63. The summed E-state index contributed by atoms with van der Waals surface area (Å²) in [5.41, 5.74) is 6.16. The van der Waals surface area contributed by atoms with Gasteiger partial charge in [0.2, 0.25) is 15.9 Å². The van der Waals surface area contributed by atoms with Crippen LogP contribution in [0.25, 0.3) is 11.1 Å². The molecule has 0 radical (unpaired) electrons. The van der Waals surface area contributed by atoms with Crippen molar-refractivity contribution >= 4 is 50.9 Å². The zero-order valence-electron chi connectivity index (χ0n) is 36.2. The zero-order valence-corrected chi connectivity index (χ0v) is 38.6. The summed E-state index contributed by atoms with van der Waals surface area (Å²) in [6, 6.07) is 33.2. The number of rotatable bonds is 15. The summed E-state index contributed by atoms with van der Waals surface area (Å²) in [7, 11) is -4.40. The van der Waals surface area contributed by atoms with Gasteiger partial charge in [-0.15, -0.1) is 0 Å². The predicted octanol–water partition coefficient (Wildman–Crippen LogP) is 9.08. The zero-order chi connectivity index (χ0) is 46.8. The van der Waals surface area contributed by atoms with Crippen LogP contribution in [0.3, 0.4) is 0 Å². The average molecular weight is 959 g/mol. The van der Waals surface area contributed by atoms with Crippen LogP contribution in [0.15, 0.2) is 120 Å². The Hall–Kier alpha value is -6.63. The minimum absolute atomic E-state index is 0.0581. The quantitative estimate of drug-likeness (QED) is 0.0894. The molecular formula is C51H45Cl2N5O8S. The largest absolute Gasteiger partial charge is 0.489 e. The number of carboxylic acids is 1. The normalized spacial score (nSPS) is 17.1. The molecule has 2 aliphatic heterocycles. The number of carbonyl (C=O) groups is 2. The number of benzene rings is 5. The predicted molar refractivity (Wildman–Crippen MR) is 253 cm³/mol. The highest BCUT2D eigenvalue weighted by molar-refractivity contribution is 7.89. The second-order valence-corrected chi connectivity index (χ2v) is 19.6. The second kappa shape index (κ2) is 19.3. The van der Waals surface area contributed by atoms with Gasteiger partial charge >= 0.3 is 5.97 Å². The molecule has 6 aromatic rings. The van der Waals surface area contributed by atoms with E-state index in [2.05, 4.69) is 21.7 Å². The molecule has 1 aromatic heterocycles. The Morgan fingerprint density at radius 1 is 0.896 bits per heavy atom. The van der Waals surface area contributed by atoms with Gasteiger partial charge in [0.05, 0.1) is 27.4 Å². The smallest absolute Gasteiger partial charge is 0.326 e. The highest BCUT2D eigenvalue weighted by Gasteiger charge is 2.42. The fourth-order valence-electron chi connectivity index (χ4n) is 8.23. The van der Waals surface area contributed by atoms with Crippen LogP contribution in [-0.2, 0) is 45.6 Å². The number of halogens is 2. The molecule has 67 heavy (non-hydrogen) atoms. The molecule has 1 amide bonds. The third-order valence-electron chi connectivity index (χ3n) is 12.2. The van der Waals surface area contributed by atoms with E-state index in [0.717, 1.165) is 45.9 Å². The van der Waals surface area contributed by atoms with Crippen LogP contribution in [0.5, 0.6) is 17.2 Å². The first kappa shape index (κ1) is 45.5. The van der Waals surface area contributed by atoms with E-state index in [0.29, 0.717) is 67.9 Å². The van der Waals surface area contributed by atoms with Gasteiger partial charge < -0.3 is 30.0 Å². The maximum absolute atomic E-state index is 14.8. The summed E-state index contributed by atoms with van der Waals surface area (Å²) >= 11 is 12.2. The van der Waals surface area contributed by atoms with Gasteiger partial charge in [0.1, 0.15) is 41.8 Å². The Morgan fingerprint density at radius 3 is 2.27 bits per heavy atom. The first-order valence-corrected chi connectivity index (χ1v) is 24.0. The van der Waals surface area contributed by atoms with Crippen molar-refractivity contribution in [2.75, 3.05) is 18.5 Å². The number of fused-ring (bicyclic) bond motifs is 2. The fourth-order valence-corrected chi connectivity index (χ4v) is 10.3. The molecule has 3 aliphatic rings. The number of aliphatic carboxylic acids is 1. The number of hydrogen-bond acceptors (Lipinski definition) is 10. The number of pyridine rings is 1. The number of nitriles is 1. The first-order valence-electron chi connectivity index (χ1n) is 21.8. The fraction of sp³-hybridized carbons (Fsp3) is 0.255. The van der Waals surface area contributed by atoms with Gasteiger partial charge in [-0.3, -0.25) is 4.79 Å². The minimum atomic E-state index is -4.40. The lowest BCUT2D eigenvalue weighted by molar-refractivity contribution is -0.142. The Morgan fingerprint density at radius 2 is 1.60 bits per heavy atom. The van der Waals surface area contributed by atoms with Gasteiger partial charge in [0, 0.05) is 19.5 Å². The molecule has 0 saturated heterocycles. The van der Waals surface area contributed by atoms with Crippen LogP contribution in [0.2, 0.25) is 10.0 Å². The molecule has 0 spiro atoms. The number of ether oxygens (including phenoxy) is 3. The molecule has 1 aliphatic carbocycles. The van der Waals surface area contributed by atoms with E-state index in [1.165, 1.54) is 6.07 Å². The van der Waals surface area contributed by atoms with Crippen molar-refractivity contribution in [2.45, 2.75) is 68.8 Å². The summed E-state index contributed by atoms with van der Waals surface area (Å²) in [4.78, 5) is 31.7. The minimum Gasteiger partial charge on any atom is -0.489 e. The number of hydrogen-bond donors (Lipinski definition) is 3. The Kier molecular flexibility index (Phi) is 13.1. The van der Waals surface area contributed by atoms with E-state index in [9.17, 15) is 23.1 Å². The molecule has 16 heteroatoms. The Labute approximate surface area is 398 Å². The van der Waals surface area contributed by atoms with Crippen molar-refractivity contribution in [1.29, 1.82) is 5.26 Å². The van der Waals surface area contributed by atoms with Crippen molar-refractivity contribution in [3.8, 4) is 34.4 Å². The maximum Gasteiger partial charge on any atom is 0.326 e. The van der Waals surface area contributed by atoms with Crippen molar-refractivity contribution < 1.29 is 37.3 Å². The lowest BCUT2D eigenvalue weighted by Gasteiger charge is -2.37. The van der Waals surface area contributed by atoms with Crippen LogP contribution in [0.4, 0.5) is 5.82 Å². The van der Waals surface area contributed by atoms with Crippen LogP contribution in [0.1, 0.15) is 58.0 Å². The lowest BCUT2D eigenvalue weighted by Crippen LogP contribution is -2.55. The van der Waals surface area contributed by atoms with Crippen molar-refractivity contribution in [2.24, 2.45) is 5.92 Å². The number of sulfonamides is 1. The molecule has 3 atom stereocenters. The monoisotopic (exact) mass is 957 g/mol. The van der Waals surface area contributed by atoms with Gasteiger partial charge in [0.15, 0.2) is 17.6 Å². The van der Waals surface area contributed by atoms with E-state index < -0.39 is 40.1 Å². The van der Waals surface area contributed by atoms with Gasteiger partial charge in [-0.2, -0.15) is 9.57 Å². The molecular weight excluding hydrogens is 914 g/mol. The Balaban J connectivity index is 0.949. The molecule has 3 heterocycles. The number of carboxylic acid groups (broad SMARTS) is 1. The average Bonchev–Trinajstić information content (AvgIpc) is 4.17.